The van der Waals surface area contributed by atoms with Gasteiger partial charge in [-0.05, 0) is 37.6 Å². The lowest BCUT2D eigenvalue weighted by molar-refractivity contribution is -0.159. The number of piperazine rings is 1. The van der Waals surface area contributed by atoms with E-state index in [9.17, 15) is 4.79 Å². The van der Waals surface area contributed by atoms with E-state index < -0.39 is 31.3 Å². The van der Waals surface area contributed by atoms with Crippen molar-refractivity contribution in [1.29, 1.82) is 0 Å². The van der Waals surface area contributed by atoms with Crippen LogP contribution in [-0.2, 0) is 9.59 Å². The molecule has 1 saturated heterocycles. The first kappa shape index (κ1) is 30.5. The van der Waals surface area contributed by atoms with Crippen LogP contribution in [-0.4, -0.2) is 111 Å². The molecule has 2 aromatic rings. The van der Waals surface area contributed by atoms with Gasteiger partial charge in [0.25, 0.3) is 5.91 Å². The normalized spacial score (nSPS) is 14.4. The zero-order chi connectivity index (χ0) is 28.2. The first-order chi connectivity index (χ1) is 18.1. The molecule has 1 amide bonds. The largest absolute Gasteiger partial charge is 0.494 e. The molecule has 2 heterocycles. The van der Waals surface area contributed by atoms with Crippen molar-refractivity contribution in [2.45, 2.75) is 39.2 Å². The number of carboxylic acid groups (broad SMARTS) is 2. The molecule has 0 radical (unpaired) electrons. The van der Waals surface area contributed by atoms with Gasteiger partial charge in [0.2, 0.25) is 0 Å². The van der Waals surface area contributed by atoms with Crippen molar-refractivity contribution >= 4 is 23.9 Å². The second kappa shape index (κ2) is 14.9. The van der Waals surface area contributed by atoms with Gasteiger partial charge in [0.15, 0.2) is 5.82 Å². The van der Waals surface area contributed by atoms with Crippen LogP contribution in [0.25, 0.3) is 0 Å². The molecule has 1 aromatic carbocycles. The fourth-order valence-electron chi connectivity index (χ4n) is 3.52. The first-order valence-electron chi connectivity index (χ1n) is 12.1. The zero-order valence-electron chi connectivity index (χ0n) is 21.7. The molecule has 1 aromatic heterocycles. The Kier molecular flexibility index (Phi) is 11.9. The third-order valence-corrected chi connectivity index (χ3v) is 5.87. The number of benzene rings is 1. The highest BCUT2D eigenvalue weighted by Gasteiger charge is 2.24. The van der Waals surface area contributed by atoms with Gasteiger partial charge in [-0.3, -0.25) is 14.6 Å². The number of aliphatic hydroxyl groups is 2. The van der Waals surface area contributed by atoms with Crippen molar-refractivity contribution in [3.8, 4) is 5.75 Å². The number of carboxylic acids is 2. The predicted octanol–water partition coefficient (Wildman–Crippen LogP) is 0.670. The van der Waals surface area contributed by atoms with Gasteiger partial charge in [-0.1, -0.05) is 19.0 Å². The summed E-state index contributed by atoms with van der Waals surface area (Å²) in [6.45, 7) is 9.32. The van der Waals surface area contributed by atoms with E-state index in [1.165, 1.54) is 0 Å². The van der Waals surface area contributed by atoms with Crippen molar-refractivity contribution in [2.24, 2.45) is 0 Å². The van der Waals surface area contributed by atoms with Crippen LogP contribution in [0.2, 0.25) is 0 Å². The van der Waals surface area contributed by atoms with Crippen LogP contribution < -0.4 is 9.64 Å². The van der Waals surface area contributed by atoms with Crippen molar-refractivity contribution in [2.75, 3.05) is 51.1 Å². The van der Waals surface area contributed by atoms with Crippen LogP contribution in [0.4, 0.5) is 6.01 Å². The van der Waals surface area contributed by atoms with Gasteiger partial charge in [0.05, 0.1) is 6.61 Å². The number of nitrogens with zero attached hydrogens (tertiary/aromatic N) is 5. The minimum Gasteiger partial charge on any atom is -0.494 e. The van der Waals surface area contributed by atoms with Crippen LogP contribution in [0, 0.1) is 0 Å². The molecule has 4 N–H and O–H groups in total. The smallest absolute Gasteiger partial charge is 0.414 e. The number of hydrogen-bond donors (Lipinski definition) is 4. The summed E-state index contributed by atoms with van der Waals surface area (Å²) in [5.74, 6) is -2.42. The molecular formula is C24H35N5O9. The number of aliphatic carboxylic acids is 2. The lowest BCUT2D eigenvalue weighted by Gasteiger charge is -2.37. The highest BCUT2D eigenvalue weighted by Crippen LogP contribution is 2.19. The number of aliphatic hydroxyl groups excluding tert-OH is 2. The molecule has 0 bridgehead atoms. The van der Waals surface area contributed by atoms with Gasteiger partial charge in [0.1, 0.15) is 19.2 Å². The van der Waals surface area contributed by atoms with Crippen LogP contribution in [0.1, 0.15) is 49.3 Å². The molecular weight excluding hydrogens is 502 g/mol. The molecule has 14 nitrogen and oxygen atoms in total. The topological polar surface area (TPSA) is 190 Å². The summed E-state index contributed by atoms with van der Waals surface area (Å²) < 4.78 is 11.2. The van der Waals surface area contributed by atoms with Crippen molar-refractivity contribution < 1.29 is 44.1 Å². The van der Waals surface area contributed by atoms with E-state index in [1.54, 1.807) is 24.3 Å². The summed E-state index contributed by atoms with van der Waals surface area (Å²) in [5, 5.41) is 37.0. The van der Waals surface area contributed by atoms with Crippen molar-refractivity contribution in [3.63, 3.8) is 0 Å². The molecule has 0 saturated carbocycles. The van der Waals surface area contributed by atoms with E-state index in [1.807, 2.05) is 13.8 Å². The van der Waals surface area contributed by atoms with E-state index in [4.69, 9.17) is 39.3 Å². The fourth-order valence-corrected chi connectivity index (χ4v) is 3.52. The predicted molar refractivity (Wildman–Crippen MR) is 134 cm³/mol. The quantitative estimate of drug-likeness (QED) is 0.245. The highest BCUT2D eigenvalue weighted by atomic mass is 16.5. The number of rotatable bonds is 10. The summed E-state index contributed by atoms with van der Waals surface area (Å²) in [6, 6.07) is 7.67. The van der Waals surface area contributed by atoms with Crippen molar-refractivity contribution in [1.82, 2.24) is 19.9 Å². The Hall–Kier alpha value is -3.75. The summed E-state index contributed by atoms with van der Waals surface area (Å²) in [5.41, 5.74) is 0.383. The molecule has 1 fully saturated rings. The van der Waals surface area contributed by atoms with E-state index in [0.717, 1.165) is 43.3 Å². The van der Waals surface area contributed by atoms with E-state index >= 15 is 0 Å². The standard InChI is InChI=1S/C22H33N5O5.C2H2O4/c1-16(2)20-23-22(32-24-20)26-11-9-25(10-12-26)17(3)8-13-31-19-6-4-18(5-7-19)21(30)27(14-28)15-29;3-1(4)2(5)6/h4-7,16-17,28-29H,8-15H2,1-3H3;(H,3,4)(H,5,6). The van der Waals surface area contributed by atoms with Gasteiger partial charge < -0.3 is 34.6 Å². The lowest BCUT2D eigenvalue weighted by Crippen LogP contribution is -2.50. The third kappa shape index (κ3) is 8.97. The second-order valence-corrected chi connectivity index (χ2v) is 8.86. The lowest BCUT2D eigenvalue weighted by atomic mass is 10.1. The molecule has 0 spiro atoms. The minimum absolute atomic E-state index is 0.251. The molecule has 1 atom stereocenters. The molecule has 38 heavy (non-hydrogen) atoms. The van der Waals surface area contributed by atoms with Gasteiger partial charge in [-0.2, -0.15) is 4.98 Å². The molecule has 1 unspecified atom stereocenters. The minimum atomic E-state index is -1.82. The highest BCUT2D eigenvalue weighted by molar-refractivity contribution is 6.27. The summed E-state index contributed by atoms with van der Waals surface area (Å²) >= 11 is 0. The average Bonchev–Trinajstić information content (AvgIpc) is 3.41. The van der Waals surface area contributed by atoms with Gasteiger partial charge in [-0.25, -0.2) is 9.59 Å². The fraction of sp³-hybridized carbons (Fsp3) is 0.542. The Bertz CT molecular complexity index is 1020. The summed E-state index contributed by atoms with van der Waals surface area (Å²) in [6.07, 6.45) is 0.877. The molecule has 14 heteroatoms. The number of carbonyl (C=O) groups excluding carboxylic acids is 1. The van der Waals surface area contributed by atoms with Gasteiger partial charge in [-0.15, -0.1) is 0 Å². The molecule has 1 aliphatic heterocycles. The second-order valence-electron chi connectivity index (χ2n) is 8.86. The van der Waals surface area contributed by atoms with E-state index in [-0.39, 0.29) is 5.92 Å². The van der Waals surface area contributed by atoms with Gasteiger partial charge in [0, 0.05) is 43.7 Å². The SMILES string of the molecule is CC(C)c1noc(N2CCN(C(C)CCOc3ccc(C(=O)N(CO)CO)cc3)CC2)n1.O=C(O)C(=O)O. The molecule has 1 aliphatic rings. The molecule has 0 aliphatic carbocycles. The van der Waals surface area contributed by atoms with Crippen LogP contribution >= 0.6 is 0 Å². The van der Waals surface area contributed by atoms with Crippen LogP contribution in [0.5, 0.6) is 5.75 Å². The van der Waals surface area contributed by atoms with E-state index in [0.29, 0.717) is 30.0 Å². The van der Waals surface area contributed by atoms with Crippen LogP contribution in [0.15, 0.2) is 28.8 Å². The maximum Gasteiger partial charge on any atom is 0.414 e. The maximum absolute atomic E-state index is 12.1. The Labute approximate surface area is 220 Å². The third-order valence-electron chi connectivity index (χ3n) is 5.87. The molecule has 210 valence electrons. The van der Waals surface area contributed by atoms with E-state index in [2.05, 4.69) is 26.9 Å². The van der Waals surface area contributed by atoms with Crippen molar-refractivity contribution in [3.05, 3.63) is 35.7 Å². The number of amides is 1. The number of carbonyl (C=O) groups is 3. The Morgan fingerprint density at radius 1 is 1.00 bits per heavy atom. The zero-order valence-corrected chi connectivity index (χ0v) is 21.7. The monoisotopic (exact) mass is 537 g/mol. The van der Waals surface area contributed by atoms with Crippen LogP contribution in [0.3, 0.4) is 0 Å². The van der Waals surface area contributed by atoms with Gasteiger partial charge >= 0.3 is 18.0 Å². The Balaban J connectivity index is 0.000000757. The number of hydrogen-bond acceptors (Lipinski definition) is 11. The maximum atomic E-state index is 12.1. The average molecular weight is 538 g/mol. The molecule has 3 rings (SSSR count). The summed E-state index contributed by atoms with van der Waals surface area (Å²) in [4.78, 5) is 40.3. The number of ether oxygens (including phenoxy) is 1. The Morgan fingerprint density at radius 2 is 1.58 bits per heavy atom. The first-order valence-corrected chi connectivity index (χ1v) is 12.1. The number of aromatic nitrogens is 2. The summed E-state index contributed by atoms with van der Waals surface area (Å²) in [7, 11) is 0. The number of anilines is 1. The Morgan fingerprint density at radius 3 is 2.05 bits per heavy atom.